The fourth-order valence-electron chi connectivity index (χ4n) is 5.79. The Hall–Kier alpha value is -3.13. The molecule has 0 saturated carbocycles. The highest BCUT2D eigenvalue weighted by molar-refractivity contribution is 5.94. The van der Waals surface area contributed by atoms with E-state index < -0.39 is 11.7 Å². The number of unbranched alkanes of at least 4 members (excludes halogenated alkanes) is 9. The molecule has 2 aromatic carbocycles. The minimum Gasteiger partial charge on any atom is -0.352 e. The second kappa shape index (κ2) is 18.6. The van der Waals surface area contributed by atoms with Gasteiger partial charge in [-0.15, -0.1) is 0 Å². The van der Waals surface area contributed by atoms with E-state index in [0.717, 1.165) is 43.4 Å². The molecule has 2 aromatic rings. The number of nitrogens with zero attached hydrogens (tertiary/aromatic N) is 1. The van der Waals surface area contributed by atoms with Crippen LogP contribution in [0.3, 0.4) is 0 Å². The predicted molar refractivity (Wildman–Crippen MR) is 172 cm³/mol. The van der Waals surface area contributed by atoms with Gasteiger partial charge in [-0.25, -0.2) is 0 Å². The standard InChI is InChI=1S/C36H50F3N3O2/c1-2-3-4-5-6-7-8-9-10-11-23-41-35(44)31-18-15-29(16-19-31)27-33(40)30-21-24-42(25-22-30)34(43)20-17-28-13-12-14-32(26-28)36(37,38)39/h12-20,26,30,33H,2-11,21-25,27,40H2,1H3,(H,41,44)/b20-17+. The SMILES string of the molecule is CCCCCCCCCCCCNC(=O)c1ccc(CC(N)C2CCN(C(=O)/C=C/c3cccc(C(F)(F)F)c3)CC2)cc1. The van der Waals surface area contributed by atoms with Gasteiger partial charge in [-0.2, -0.15) is 13.2 Å². The van der Waals surface area contributed by atoms with E-state index in [2.05, 4.69) is 12.2 Å². The van der Waals surface area contributed by atoms with Crippen LogP contribution in [-0.4, -0.2) is 42.4 Å². The number of rotatable bonds is 17. The molecule has 5 nitrogen and oxygen atoms in total. The number of hydrogen-bond acceptors (Lipinski definition) is 3. The zero-order valence-electron chi connectivity index (χ0n) is 26.2. The minimum absolute atomic E-state index is 0.0454. The number of benzene rings is 2. The molecule has 1 fully saturated rings. The first kappa shape index (κ1) is 35.4. The van der Waals surface area contributed by atoms with Crippen molar-refractivity contribution in [1.82, 2.24) is 10.2 Å². The molecule has 3 N–H and O–H groups in total. The maximum Gasteiger partial charge on any atom is 0.416 e. The third-order valence-electron chi connectivity index (χ3n) is 8.59. The summed E-state index contributed by atoms with van der Waals surface area (Å²) in [4.78, 5) is 26.9. The Morgan fingerprint density at radius 1 is 0.932 bits per heavy atom. The lowest BCUT2D eigenvalue weighted by atomic mass is 9.86. The summed E-state index contributed by atoms with van der Waals surface area (Å²) in [6.07, 6.45) is 13.2. The van der Waals surface area contributed by atoms with Crippen LogP contribution in [0.25, 0.3) is 6.08 Å². The van der Waals surface area contributed by atoms with Crippen molar-refractivity contribution in [2.24, 2.45) is 11.7 Å². The molecule has 1 heterocycles. The van der Waals surface area contributed by atoms with E-state index in [-0.39, 0.29) is 23.8 Å². The number of carbonyl (C=O) groups excluding carboxylic acids is 2. The summed E-state index contributed by atoms with van der Waals surface area (Å²) >= 11 is 0. The zero-order valence-corrected chi connectivity index (χ0v) is 26.2. The lowest BCUT2D eigenvalue weighted by Gasteiger charge is -2.34. The number of likely N-dealkylation sites (tertiary alicyclic amines) is 1. The van der Waals surface area contributed by atoms with E-state index in [1.54, 1.807) is 11.0 Å². The number of piperidine rings is 1. The van der Waals surface area contributed by atoms with Crippen LogP contribution in [0.15, 0.2) is 54.6 Å². The Labute approximate surface area is 261 Å². The summed E-state index contributed by atoms with van der Waals surface area (Å²) in [6, 6.07) is 12.5. The lowest BCUT2D eigenvalue weighted by Crippen LogP contribution is -2.43. The molecular formula is C36H50F3N3O2. The van der Waals surface area contributed by atoms with Crippen LogP contribution < -0.4 is 11.1 Å². The van der Waals surface area contributed by atoms with Crippen molar-refractivity contribution in [3.05, 3.63) is 76.9 Å². The van der Waals surface area contributed by atoms with Gasteiger partial charge in [-0.3, -0.25) is 9.59 Å². The summed E-state index contributed by atoms with van der Waals surface area (Å²) in [7, 11) is 0. The topological polar surface area (TPSA) is 75.4 Å². The summed E-state index contributed by atoms with van der Waals surface area (Å²) in [5, 5.41) is 3.03. The molecule has 1 aliphatic rings. The van der Waals surface area contributed by atoms with Gasteiger partial charge in [0.15, 0.2) is 0 Å². The average Bonchev–Trinajstić information content (AvgIpc) is 3.02. The van der Waals surface area contributed by atoms with Crippen molar-refractivity contribution in [1.29, 1.82) is 0 Å². The number of carbonyl (C=O) groups is 2. The van der Waals surface area contributed by atoms with E-state index >= 15 is 0 Å². The van der Waals surface area contributed by atoms with Crippen LogP contribution in [0.5, 0.6) is 0 Å². The van der Waals surface area contributed by atoms with E-state index in [1.165, 1.54) is 69.6 Å². The number of amides is 2. The number of alkyl halides is 3. The molecule has 0 aliphatic carbocycles. The van der Waals surface area contributed by atoms with Crippen LogP contribution in [0, 0.1) is 5.92 Å². The largest absolute Gasteiger partial charge is 0.416 e. The number of hydrogen-bond donors (Lipinski definition) is 2. The molecule has 0 radical (unpaired) electrons. The molecule has 44 heavy (non-hydrogen) atoms. The highest BCUT2D eigenvalue weighted by atomic mass is 19.4. The Bertz CT molecular complexity index is 1170. The second-order valence-electron chi connectivity index (χ2n) is 12.1. The van der Waals surface area contributed by atoms with Crippen molar-refractivity contribution in [3.8, 4) is 0 Å². The Balaban J connectivity index is 1.32. The van der Waals surface area contributed by atoms with Crippen LogP contribution in [0.4, 0.5) is 13.2 Å². The summed E-state index contributed by atoms with van der Waals surface area (Å²) in [6.45, 7) is 4.06. The van der Waals surface area contributed by atoms with Gasteiger partial charge in [0, 0.05) is 37.3 Å². The first-order chi connectivity index (χ1) is 21.2. The highest BCUT2D eigenvalue weighted by Crippen LogP contribution is 2.30. The third kappa shape index (κ3) is 12.5. The summed E-state index contributed by atoms with van der Waals surface area (Å²) < 4.78 is 38.8. The van der Waals surface area contributed by atoms with Gasteiger partial charge in [-0.05, 0) is 73.1 Å². The van der Waals surface area contributed by atoms with Crippen molar-refractivity contribution in [2.75, 3.05) is 19.6 Å². The molecule has 0 spiro atoms. The second-order valence-corrected chi connectivity index (χ2v) is 12.1. The van der Waals surface area contributed by atoms with E-state index in [1.807, 2.05) is 24.3 Å². The van der Waals surface area contributed by atoms with Crippen LogP contribution >= 0.6 is 0 Å². The molecule has 3 rings (SSSR count). The normalized spacial score (nSPS) is 15.1. The third-order valence-corrected chi connectivity index (χ3v) is 8.59. The fourth-order valence-corrected chi connectivity index (χ4v) is 5.79. The predicted octanol–water partition coefficient (Wildman–Crippen LogP) is 8.18. The molecular weight excluding hydrogens is 563 g/mol. The Kier molecular flexibility index (Phi) is 15.0. The summed E-state index contributed by atoms with van der Waals surface area (Å²) in [5.74, 6) is 0.00270. The van der Waals surface area contributed by atoms with Gasteiger partial charge < -0.3 is 16.0 Å². The van der Waals surface area contributed by atoms with Crippen molar-refractivity contribution in [2.45, 2.75) is 103 Å². The van der Waals surface area contributed by atoms with Gasteiger partial charge >= 0.3 is 6.18 Å². The van der Waals surface area contributed by atoms with Crippen LogP contribution in [0.2, 0.25) is 0 Å². The molecule has 8 heteroatoms. The van der Waals surface area contributed by atoms with E-state index in [9.17, 15) is 22.8 Å². The minimum atomic E-state index is -4.42. The number of halogens is 3. The maximum atomic E-state index is 12.9. The van der Waals surface area contributed by atoms with E-state index in [4.69, 9.17) is 5.73 Å². The first-order valence-corrected chi connectivity index (χ1v) is 16.4. The van der Waals surface area contributed by atoms with Crippen molar-refractivity contribution in [3.63, 3.8) is 0 Å². The Morgan fingerprint density at radius 3 is 2.16 bits per heavy atom. The zero-order chi connectivity index (χ0) is 31.8. The number of nitrogens with two attached hydrogens (primary N) is 1. The van der Waals surface area contributed by atoms with Crippen molar-refractivity contribution >= 4 is 17.9 Å². The van der Waals surface area contributed by atoms with E-state index in [0.29, 0.717) is 37.2 Å². The van der Waals surface area contributed by atoms with Gasteiger partial charge in [0.1, 0.15) is 0 Å². The van der Waals surface area contributed by atoms with Crippen LogP contribution in [-0.2, 0) is 17.4 Å². The fraction of sp³-hybridized carbons (Fsp3) is 0.556. The molecule has 0 bridgehead atoms. The monoisotopic (exact) mass is 613 g/mol. The molecule has 1 aliphatic heterocycles. The van der Waals surface area contributed by atoms with Gasteiger partial charge in [0.2, 0.25) is 5.91 Å². The Morgan fingerprint density at radius 2 is 1.55 bits per heavy atom. The molecule has 1 unspecified atom stereocenters. The lowest BCUT2D eigenvalue weighted by molar-refractivity contribution is -0.137. The van der Waals surface area contributed by atoms with Gasteiger partial charge in [0.05, 0.1) is 5.56 Å². The first-order valence-electron chi connectivity index (χ1n) is 16.4. The number of nitrogens with one attached hydrogen (secondary N) is 1. The molecule has 1 saturated heterocycles. The van der Waals surface area contributed by atoms with Gasteiger partial charge in [0.25, 0.3) is 5.91 Å². The average molecular weight is 614 g/mol. The quantitative estimate of drug-likeness (QED) is 0.140. The van der Waals surface area contributed by atoms with Crippen LogP contribution in [0.1, 0.15) is 111 Å². The maximum absolute atomic E-state index is 12.9. The molecule has 2 amide bonds. The smallest absolute Gasteiger partial charge is 0.352 e. The molecule has 0 aromatic heterocycles. The molecule has 242 valence electrons. The summed E-state index contributed by atoms with van der Waals surface area (Å²) in [5.41, 5.74) is 7.87. The highest BCUT2D eigenvalue weighted by Gasteiger charge is 2.30. The van der Waals surface area contributed by atoms with Crippen molar-refractivity contribution < 1.29 is 22.8 Å². The molecule has 1 atom stereocenters. The van der Waals surface area contributed by atoms with Gasteiger partial charge in [-0.1, -0.05) is 89.0 Å².